The molecule has 2 unspecified atom stereocenters. The second-order valence-corrected chi connectivity index (χ2v) is 7.69. The zero-order valence-corrected chi connectivity index (χ0v) is 15.1. The van der Waals surface area contributed by atoms with Crippen LogP contribution in [0.2, 0.25) is 0 Å². The molecular weight excluding hydrogens is 348 g/mol. The highest BCUT2D eigenvalue weighted by molar-refractivity contribution is 7.89. The molecule has 140 valence electrons. The van der Waals surface area contributed by atoms with E-state index < -0.39 is 22.0 Å². The van der Waals surface area contributed by atoms with Gasteiger partial charge in [0, 0.05) is 26.3 Å². The number of hydrogen-bond acceptors (Lipinski definition) is 6. The van der Waals surface area contributed by atoms with E-state index in [0.717, 1.165) is 18.9 Å². The average Bonchev–Trinajstić information content (AvgIpc) is 3.05. The lowest BCUT2D eigenvalue weighted by Gasteiger charge is -2.18. The summed E-state index contributed by atoms with van der Waals surface area (Å²) in [6.45, 7) is 3.03. The first-order valence-electron chi connectivity index (χ1n) is 8.07. The van der Waals surface area contributed by atoms with Gasteiger partial charge in [-0.25, -0.2) is 17.9 Å². The van der Waals surface area contributed by atoms with Crippen molar-refractivity contribution in [3.63, 3.8) is 0 Å². The van der Waals surface area contributed by atoms with Crippen LogP contribution in [0.25, 0.3) is 0 Å². The Bertz CT molecular complexity index is 701. The van der Waals surface area contributed by atoms with Crippen LogP contribution in [0.5, 0.6) is 0 Å². The minimum atomic E-state index is -3.91. The molecule has 0 radical (unpaired) electrons. The van der Waals surface area contributed by atoms with Crippen molar-refractivity contribution in [2.75, 3.05) is 32.2 Å². The maximum atomic E-state index is 12.7. The van der Waals surface area contributed by atoms with E-state index in [4.69, 9.17) is 14.6 Å². The van der Waals surface area contributed by atoms with Crippen molar-refractivity contribution in [3.8, 4) is 0 Å². The molecule has 0 spiro atoms. The van der Waals surface area contributed by atoms with Crippen molar-refractivity contribution in [1.29, 1.82) is 0 Å². The van der Waals surface area contributed by atoms with Crippen molar-refractivity contribution < 1.29 is 27.8 Å². The molecule has 0 aromatic heterocycles. The number of carboxylic acids is 1. The number of anilines is 1. The summed E-state index contributed by atoms with van der Waals surface area (Å²) in [5.74, 6) is -1.19. The van der Waals surface area contributed by atoms with Crippen molar-refractivity contribution in [2.45, 2.75) is 36.8 Å². The third-order valence-electron chi connectivity index (χ3n) is 3.84. The lowest BCUT2D eigenvalue weighted by atomic mass is 10.2. The van der Waals surface area contributed by atoms with Gasteiger partial charge in [-0.3, -0.25) is 0 Å². The first-order valence-corrected chi connectivity index (χ1v) is 9.56. The van der Waals surface area contributed by atoms with Crippen LogP contribution in [0.4, 0.5) is 5.69 Å². The van der Waals surface area contributed by atoms with E-state index in [-0.39, 0.29) is 23.2 Å². The van der Waals surface area contributed by atoms with Gasteiger partial charge in [-0.1, -0.05) is 0 Å². The molecule has 0 aliphatic carbocycles. The molecule has 1 aliphatic heterocycles. The zero-order chi connectivity index (χ0) is 18.4. The predicted octanol–water partition coefficient (Wildman–Crippen LogP) is 1.29. The predicted molar refractivity (Wildman–Crippen MR) is 92.5 cm³/mol. The van der Waals surface area contributed by atoms with E-state index >= 15 is 0 Å². The van der Waals surface area contributed by atoms with E-state index in [1.54, 1.807) is 6.92 Å². The molecule has 1 aromatic carbocycles. The molecule has 2 atom stereocenters. The van der Waals surface area contributed by atoms with Gasteiger partial charge in [0.05, 0.1) is 24.0 Å². The fraction of sp³-hybridized carbons (Fsp3) is 0.562. The Morgan fingerprint density at radius 1 is 1.48 bits per heavy atom. The minimum absolute atomic E-state index is 0.0232. The number of benzene rings is 1. The van der Waals surface area contributed by atoms with Crippen LogP contribution in [-0.4, -0.2) is 58.5 Å². The molecule has 1 heterocycles. The topological polar surface area (TPSA) is 114 Å². The van der Waals surface area contributed by atoms with Crippen molar-refractivity contribution in [1.82, 2.24) is 4.72 Å². The molecule has 0 saturated carbocycles. The van der Waals surface area contributed by atoms with Crippen molar-refractivity contribution in [3.05, 3.63) is 23.8 Å². The Labute approximate surface area is 147 Å². The van der Waals surface area contributed by atoms with E-state index in [1.165, 1.54) is 19.2 Å². The van der Waals surface area contributed by atoms with Crippen LogP contribution >= 0.6 is 0 Å². The summed E-state index contributed by atoms with van der Waals surface area (Å²) in [5, 5.41) is 12.2. The van der Waals surface area contributed by atoms with Gasteiger partial charge < -0.3 is 19.9 Å². The number of sulfonamides is 1. The minimum Gasteiger partial charge on any atom is -0.478 e. The Morgan fingerprint density at radius 2 is 2.24 bits per heavy atom. The highest BCUT2D eigenvalue weighted by atomic mass is 32.2. The summed E-state index contributed by atoms with van der Waals surface area (Å²) in [4.78, 5) is 11.1. The fourth-order valence-electron chi connectivity index (χ4n) is 2.67. The quantitative estimate of drug-likeness (QED) is 0.598. The van der Waals surface area contributed by atoms with Gasteiger partial charge in [-0.15, -0.1) is 0 Å². The molecule has 9 heteroatoms. The molecule has 0 bridgehead atoms. The summed E-state index contributed by atoms with van der Waals surface area (Å²) in [6, 6.07) is 3.54. The number of aromatic carboxylic acids is 1. The van der Waals surface area contributed by atoms with Gasteiger partial charge >= 0.3 is 5.97 Å². The second-order valence-electron chi connectivity index (χ2n) is 6.01. The number of carboxylic acid groups (broad SMARTS) is 1. The van der Waals surface area contributed by atoms with E-state index in [2.05, 4.69) is 10.0 Å². The number of rotatable bonds is 9. The molecule has 1 fully saturated rings. The second kappa shape index (κ2) is 8.61. The SMILES string of the molecule is COCC(C)NS(=O)(=O)c1cc(C(=O)O)ccc1NCC1CCCO1. The van der Waals surface area contributed by atoms with Crippen molar-refractivity contribution in [2.24, 2.45) is 0 Å². The van der Waals surface area contributed by atoms with Gasteiger partial charge in [0.25, 0.3) is 0 Å². The smallest absolute Gasteiger partial charge is 0.335 e. The average molecular weight is 372 g/mol. The highest BCUT2D eigenvalue weighted by Crippen LogP contribution is 2.24. The molecule has 1 aromatic rings. The van der Waals surface area contributed by atoms with Crippen LogP contribution in [0, 0.1) is 0 Å². The van der Waals surface area contributed by atoms with E-state index in [1.807, 2.05) is 0 Å². The summed E-state index contributed by atoms with van der Waals surface area (Å²) in [6.07, 6.45) is 1.91. The van der Waals surface area contributed by atoms with Crippen LogP contribution in [0.1, 0.15) is 30.1 Å². The molecule has 0 amide bonds. The first-order chi connectivity index (χ1) is 11.8. The maximum Gasteiger partial charge on any atom is 0.335 e. The zero-order valence-electron chi connectivity index (χ0n) is 14.3. The first kappa shape index (κ1) is 19.6. The fourth-order valence-corrected chi connectivity index (χ4v) is 4.10. The summed E-state index contributed by atoms with van der Waals surface area (Å²) < 4.78 is 38.3. The molecular formula is C16H24N2O6S. The van der Waals surface area contributed by atoms with Crippen LogP contribution in [-0.2, 0) is 19.5 Å². The normalized spacial score (nSPS) is 18.9. The molecule has 3 N–H and O–H groups in total. The number of carbonyl (C=O) groups is 1. The van der Waals surface area contributed by atoms with Gasteiger partial charge in [-0.05, 0) is 38.0 Å². The molecule has 8 nitrogen and oxygen atoms in total. The maximum absolute atomic E-state index is 12.7. The lowest BCUT2D eigenvalue weighted by Crippen LogP contribution is -2.36. The van der Waals surface area contributed by atoms with Crippen LogP contribution in [0.3, 0.4) is 0 Å². The van der Waals surface area contributed by atoms with E-state index in [9.17, 15) is 13.2 Å². The lowest BCUT2D eigenvalue weighted by molar-refractivity contribution is 0.0696. The number of nitrogens with one attached hydrogen (secondary N) is 2. The van der Waals surface area contributed by atoms with Crippen molar-refractivity contribution >= 4 is 21.7 Å². The van der Waals surface area contributed by atoms with Gasteiger partial charge in [0.15, 0.2) is 0 Å². The molecule has 1 aliphatic rings. The van der Waals surface area contributed by atoms with Gasteiger partial charge in [0.1, 0.15) is 4.90 Å². The summed E-state index contributed by atoms with van der Waals surface area (Å²) in [5.41, 5.74) is 0.250. The number of ether oxygens (including phenoxy) is 2. The number of methoxy groups -OCH3 is 1. The molecule has 25 heavy (non-hydrogen) atoms. The monoisotopic (exact) mass is 372 g/mol. The third kappa shape index (κ3) is 5.40. The Hall–Kier alpha value is -1.68. The Kier molecular flexibility index (Phi) is 6.77. The number of hydrogen-bond donors (Lipinski definition) is 3. The molecule has 2 rings (SSSR count). The summed E-state index contributed by atoms with van der Waals surface area (Å²) in [7, 11) is -2.43. The van der Waals surface area contributed by atoms with Gasteiger partial charge in [0.2, 0.25) is 10.0 Å². The summed E-state index contributed by atoms with van der Waals surface area (Å²) >= 11 is 0. The van der Waals surface area contributed by atoms with Crippen LogP contribution in [0.15, 0.2) is 23.1 Å². The third-order valence-corrected chi connectivity index (χ3v) is 5.46. The van der Waals surface area contributed by atoms with Crippen LogP contribution < -0.4 is 10.0 Å². The molecule has 1 saturated heterocycles. The largest absolute Gasteiger partial charge is 0.478 e. The van der Waals surface area contributed by atoms with Gasteiger partial charge in [-0.2, -0.15) is 0 Å². The van der Waals surface area contributed by atoms with E-state index in [0.29, 0.717) is 18.8 Å². The Balaban J connectivity index is 2.27. The Morgan fingerprint density at radius 3 is 2.84 bits per heavy atom. The highest BCUT2D eigenvalue weighted by Gasteiger charge is 2.24. The standard InChI is InChI=1S/C16H24N2O6S/c1-11(10-23-2)18-25(21,22)15-8-12(16(19)20)5-6-14(15)17-9-13-4-3-7-24-13/h5-6,8,11,13,17-18H,3-4,7,9-10H2,1-2H3,(H,19,20).